The highest BCUT2D eigenvalue weighted by atomic mass is 28.4. The first kappa shape index (κ1) is 31.8. The van der Waals surface area contributed by atoms with E-state index in [2.05, 4.69) is 38.8 Å². The van der Waals surface area contributed by atoms with Crippen molar-refractivity contribution in [3.05, 3.63) is 89.1 Å². The van der Waals surface area contributed by atoms with Gasteiger partial charge < -0.3 is 19.6 Å². The van der Waals surface area contributed by atoms with Crippen molar-refractivity contribution >= 4 is 26.1 Å². The fourth-order valence-corrected chi connectivity index (χ4v) is 5.14. The van der Waals surface area contributed by atoms with E-state index in [1.54, 1.807) is 25.4 Å². The van der Waals surface area contributed by atoms with Crippen molar-refractivity contribution in [2.75, 3.05) is 12.0 Å². The van der Waals surface area contributed by atoms with Crippen molar-refractivity contribution < 1.29 is 18.7 Å². The summed E-state index contributed by atoms with van der Waals surface area (Å²) in [5.74, 6) is 1.15. The number of para-hydroxylation sites is 1. The van der Waals surface area contributed by atoms with Crippen LogP contribution in [0.5, 0.6) is 5.75 Å². The van der Waals surface area contributed by atoms with E-state index in [-0.39, 0.29) is 17.4 Å². The van der Waals surface area contributed by atoms with Crippen LogP contribution >= 0.6 is 0 Å². The molecule has 3 aromatic rings. The standard InChI is InChI=1S/C32H44N4O4Si/c1-31(2,3)39-30(37)36(21-22-14-16-23(17-15-22)29(33)34)27-20-24(18-19-35-27)28(40-41(8,9)32(4,5)6)25-12-10-11-13-26(25)38-7/h10-20,28H,21H2,1-9H3,(H3,33,34). The summed E-state index contributed by atoms with van der Waals surface area (Å²) in [5.41, 5.74) is 8.14. The largest absolute Gasteiger partial charge is 0.496 e. The molecule has 3 N–H and O–H groups in total. The second kappa shape index (κ2) is 12.4. The Bertz CT molecular complexity index is 1360. The normalized spacial score (nSPS) is 12.9. The minimum Gasteiger partial charge on any atom is -0.496 e. The summed E-state index contributed by atoms with van der Waals surface area (Å²) in [6, 6.07) is 18.9. The van der Waals surface area contributed by atoms with E-state index in [4.69, 9.17) is 25.0 Å². The van der Waals surface area contributed by atoms with E-state index in [0.29, 0.717) is 11.4 Å². The summed E-state index contributed by atoms with van der Waals surface area (Å²) in [4.78, 5) is 19.6. The number of amides is 1. The SMILES string of the molecule is COc1ccccc1C(O[Si](C)(C)C(C)(C)C)c1ccnc(N(Cc2ccc(C(=N)N)cc2)C(=O)OC(C)(C)C)c1. The average Bonchev–Trinajstić information content (AvgIpc) is 2.89. The third-order valence-electron chi connectivity index (χ3n) is 7.21. The molecule has 1 amide bonds. The number of ether oxygens (including phenoxy) is 2. The molecule has 8 nitrogen and oxygen atoms in total. The first-order chi connectivity index (χ1) is 19.0. The Labute approximate surface area is 245 Å². The van der Waals surface area contributed by atoms with Crippen LogP contribution in [0.2, 0.25) is 18.1 Å². The predicted molar refractivity (Wildman–Crippen MR) is 167 cm³/mol. The fraction of sp³-hybridized carbons (Fsp3) is 0.406. The Kier molecular flexibility index (Phi) is 9.66. The van der Waals surface area contributed by atoms with Gasteiger partial charge in [0, 0.05) is 17.3 Å². The lowest BCUT2D eigenvalue weighted by molar-refractivity contribution is 0.0576. The predicted octanol–water partition coefficient (Wildman–Crippen LogP) is 7.43. The topological polar surface area (TPSA) is 111 Å². The molecule has 1 heterocycles. The average molecular weight is 577 g/mol. The molecule has 0 fully saturated rings. The zero-order chi connectivity index (χ0) is 30.6. The van der Waals surface area contributed by atoms with Gasteiger partial charge in [-0.15, -0.1) is 0 Å². The van der Waals surface area contributed by atoms with Crippen LogP contribution in [-0.2, 0) is 15.7 Å². The Morgan fingerprint density at radius 2 is 1.66 bits per heavy atom. The van der Waals surface area contributed by atoms with E-state index < -0.39 is 26.1 Å². The second-order valence-electron chi connectivity index (χ2n) is 12.6. The number of carbonyl (C=O) groups is 1. The van der Waals surface area contributed by atoms with Gasteiger partial charge >= 0.3 is 6.09 Å². The molecule has 0 aliphatic rings. The highest BCUT2D eigenvalue weighted by molar-refractivity contribution is 6.74. The molecule has 3 rings (SSSR count). The second-order valence-corrected chi connectivity index (χ2v) is 17.4. The molecule has 0 spiro atoms. The van der Waals surface area contributed by atoms with Gasteiger partial charge in [-0.2, -0.15) is 0 Å². The number of aromatic nitrogens is 1. The first-order valence-corrected chi connectivity index (χ1v) is 16.6. The van der Waals surface area contributed by atoms with Crippen molar-refractivity contribution in [1.82, 2.24) is 4.98 Å². The summed E-state index contributed by atoms with van der Waals surface area (Å²) < 4.78 is 18.5. The van der Waals surface area contributed by atoms with Gasteiger partial charge in [-0.3, -0.25) is 10.3 Å². The van der Waals surface area contributed by atoms with Gasteiger partial charge in [0.1, 0.15) is 23.0 Å². The summed E-state index contributed by atoms with van der Waals surface area (Å²) >= 11 is 0. The maximum atomic E-state index is 13.5. The van der Waals surface area contributed by atoms with E-state index in [0.717, 1.165) is 22.4 Å². The third-order valence-corrected chi connectivity index (χ3v) is 11.6. The Hall–Kier alpha value is -3.69. The maximum absolute atomic E-state index is 13.5. The molecule has 2 aromatic carbocycles. The lowest BCUT2D eigenvalue weighted by atomic mass is 10.0. The van der Waals surface area contributed by atoms with Crippen LogP contribution in [-0.4, -0.2) is 37.9 Å². The number of hydrogen-bond acceptors (Lipinski definition) is 6. The van der Waals surface area contributed by atoms with Crippen molar-refractivity contribution in [2.45, 2.75) is 77.9 Å². The molecule has 9 heteroatoms. The molecule has 0 aliphatic heterocycles. The van der Waals surface area contributed by atoms with Crippen LogP contribution in [0.3, 0.4) is 0 Å². The lowest BCUT2D eigenvalue weighted by Gasteiger charge is -2.40. The Morgan fingerprint density at radius 1 is 1.02 bits per heavy atom. The fourth-order valence-electron chi connectivity index (χ4n) is 3.94. The van der Waals surface area contributed by atoms with E-state index in [1.165, 1.54) is 4.90 Å². The molecule has 220 valence electrons. The number of carbonyl (C=O) groups excluding carboxylic acids is 1. The van der Waals surface area contributed by atoms with Crippen LogP contribution in [0, 0.1) is 5.41 Å². The number of benzene rings is 2. The van der Waals surface area contributed by atoms with Crippen LogP contribution < -0.4 is 15.4 Å². The van der Waals surface area contributed by atoms with Crippen molar-refractivity contribution in [2.24, 2.45) is 5.73 Å². The molecule has 0 saturated carbocycles. The summed E-state index contributed by atoms with van der Waals surface area (Å²) in [7, 11) is -0.597. The minimum absolute atomic E-state index is 0.0148. The number of nitrogens with two attached hydrogens (primary N) is 1. The molecular formula is C32H44N4O4Si. The number of nitrogen functional groups attached to an aromatic ring is 1. The van der Waals surface area contributed by atoms with Gasteiger partial charge in [-0.1, -0.05) is 63.2 Å². The van der Waals surface area contributed by atoms with Gasteiger partial charge in [0.25, 0.3) is 0 Å². The maximum Gasteiger partial charge on any atom is 0.416 e. The van der Waals surface area contributed by atoms with Crippen molar-refractivity contribution in [3.63, 3.8) is 0 Å². The number of nitrogens with one attached hydrogen (secondary N) is 1. The summed E-state index contributed by atoms with van der Waals surface area (Å²) in [5, 5.41) is 7.65. The van der Waals surface area contributed by atoms with Gasteiger partial charge in [0.2, 0.25) is 0 Å². The number of pyridine rings is 1. The van der Waals surface area contributed by atoms with Crippen LogP contribution in [0.1, 0.15) is 69.9 Å². The number of anilines is 1. The Balaban J connectivity index is 2.12. The quantitative estimate of drug-likeness (QED) is 0.156. The number of hydrogen-bond donors (Lipinski definition) is 2. The minimum atomic E-state index is -2.25. The van der Waals surface area contributed by atoms with Crippen LogP contribution in [0.15, 0.2) is 66.9 Å². The van der Waals surface area contributed by atoms with Crippen molar-refractivity contribution in [1.29, 1.82) is 5.41 Å². The highest BCUT2D eigenvalue weighted by Crippen LogP contribution is 2.43. The first-order valence-electron chi connectivity index (χ1n) is 13.7. The van der Waals surface area contributed by atoms with Gasteiger partial charge in [0.15, 0.2) is 8.32 Å². The molecule has 0 radical (unpaired) electrons. The molecule has 1 aromatic heterocycles. The molecule has 0 aliphatic carbocycles. The van der Waals surface area contributed by atoms with Crippen molar-refractivity contribution in [3.8, 4) is 5.75 Å². The molecule has 0 saturated heterocycles. The zero-order valence-corrected chi connectivity index (χ0v) is 26.7. The molecule has 1 unspecified atom stereocenters. The van der Waals surface area contributed by atoms with Crippen LogP contribution in [0.25, 0.3) is 0 Å². The number of methoxy groups -OCH3 is 1. The van der Waals surface area contributed by atoms with E-state index in [9.17, 15) is 4.79 Å². The highest BCUT2D eigenvalue weighted by Gasteiger charge is 2.40. The molecule has 1 atom stereocenters. The number of nitrogens with zero attached hydrogens (tertiary/aromatic N) is 2. The van der Waals surface area contributed by atoms with Gasteiger partial charge in [-0.05, 0) is 68.2 Å². The molecule has 41 heavy (non-hydrogen) atoms. The lowest BCUT2D eigenvalue weighted by Crippen LogP contribution is -2.42. The monoisotopic (exact) mass is 576 g/mol. The van der Waals surface area contributed by atoms with E-state index in [1.807, 2.05) is 69.3 Å². The van der Waals surface area contributed by atoms with Crippen LogP contribution in [0.4, 0.5) is 10.6 Å². The Morgan fingerprint density at radius 3 is 2.22 bits per heavy atom. The summed E-state index contributed by atoms with van der Waals surface area (Å²) in [6.45, 7) is 16.8. The molecular weight excluding hydrogens is 532 g/mol. The number of amidine groups is 1. The smallest absolute Gasteiger partial charge is 0.416 e. The van der Waals surface area contributed by atoms with Gasteiger partial charge in [0.05, 0.1) is 19.8 Å². The number of rotatable bonds is 9. The zero-order valence-electron chi connectivity index (χ0n) is 25.7. The third kappa shape index (κ3) is 8.17. The summed E-state index contributed by atoms with van der Waals surface area (Å²) in [6.07, 6.45) is 0.735. The van der Waals surface area contributed by atoms with Gasteiger partial charge in [-0.25, -0.2) is 9.78 Å². The molecule has 0 bridgehead atoms. The van der Waals surface area contributed by atoms with E-state index >= 15 is 0 Å².